The van der Waals surface area contributed by atoms with Crippen molar-refractivity contribution in [3.63, 3.8) is 0 Å². The number of hydrogen-bond acceptors (Lipinski definition) is 4. The van der Waals surface area contributed by atoms with E-state index in [4.69, 9.17) is 4.98 Å². The molecule has 0 unspecified atom stereocenters. The van der Waals surface area contributed by atoms with Crippen LogP contribution in [0.4, 0.5) is 0 Å². The molecule has 0 N–H and O–H groups in total. The normalized spacial score (nSPS) is 11.6. The third-order valence-electron chi connectivity index (χ3n) is 7.27. The Morgan fingerprint density at radius 2 is 1.24 bits per heavy atom. The number of para-hydroxylation sites is 1. The molecule has 0 aliphatic heterocycles. The van der Waals surface area contributed by atoms with Gasteiger partial charge in [0.25, 0.3) is 0 Å². The number of nitrogens with zero attached hydrogens (tertiary/aromatic N) is 2. The molecule has 0 radical (unpaired) electrons. The Balaban J connectivity index is 0.00000507. The van der Waals surface area contributed by atoms with Crippen LogP contribution in [0, 0.1) is 0 Å². The second kappa shape index (κ2) is 18.2. The van der Waals surface area contributed by atoms with Crippen LogP contribution in [0.3, 0.4) is 0 Å². The van der Waals surface area contributed by atoms with E-state index in [0.29, 0.717) is 17.6 Å². The summed E-state index contributed by atoms with van der Waals surface area (Å²) in [7, 11) is -4.59. The molecule has 7 heteroatoms. The Morgan fingerprint density at radius 3 is 1.76 bits per heavy atom. The molecule has 0 saturated carbocycles. The summed E-state index contributed by atoms with van der Waals surface area (Å²) in [5.74, 6) is 0.852. The molecule has 3 rings (SSSR count). The van der Waals surface area contributed by atoms with E-state index in [9.17, 15) is 13.0 Å². The van der Waals surface area contributed by atoms with Gasteiger partial charge in [0.05, 0.1) is 15.9 Å². The number of imidazole rings is 1. The van der Waals surface area contributed by atoms with Crippen LogP contribution in [0.25, 0.3) is 11.0 Å². The maximum Gasteiger partial charge on any atom is 1.00 e. The fourth-order valence-electron chi connectivity index (χ4n) is 5.18. The predicted molar refractivity (Wildman–Crippen MR) is 152 cm³/mol. The quantitative estimate of drug-likeness (QED) is 0.114. The van der Waals surface area contributed by atoms with E-state index in [0.717, 1.165) is 30.7 Å². The van der Waals surface area contributed by atoms with Gasteiger partial charge in [0.1, 0.15) is 15.9 Å². The van der Waals surface area contributed by atoms with Gasteiger partial charge < -0.3 is 9.12 Å². The molecule has 3 aromatic rings. The maximum absolute atomic E-state index is 12.0. The van der Waals surface area contributed by atoms with E-state index >= 15 is 0 Å². The molecule has 5 nitrogen and oxygen atoms in total. The van der Waals surface area contributed by atoms with Crippen LogP contribution >= 0.6 is 0 Å². The fourth-order valence-corrected chi connectivity index (χ4v) is 5.88. The van der Waals surface area contributed by atoms with Gasteiger partial charge in [-0.1, -0.05) is 133 Å². The monoisotopic (exact) mass is 548 g/mol. The number of unbranched alkanes of at least 4 members (excludes halogenated alkanes) is 14. The molecule has 1 heterocycles. The minimum atomic E-state index is -4.59. The van der Waals surface area contributed by atoms with Gasteiger partial charge in [-0.2, -0.15) is 0 Å². The molecule has 204 valence electrons. The van der Waals surface area contributed by atoms with Gasteiger partial charge in [0.2, 0.25) is 0 Å². The summed E-state index contributed by atoms with van der Waals surface area (Å²) in [5, 5.41) is 0. The van der Waals surface area contributed by atoms with Gasteiger partial charge in [-0.3, -0.25) is 0 Å². The van der Waals surface area contributed by atoms with Crippen LogP contribution in [0.1, 0.15) is 115 Å². The van der Waals surface area contributed by atoms with Crippen LogP contribution in [-0.4, -0.2) is 22.5 Å². The second-order valence-electron chi connectivity index (χ2n) is 10.4. The minimum absolute atomic E-state index is 0. The molecule has 0 fully saturated rings. The summed E-state index contributed by atoms with van der Waals surface area (Å²) >= 11 is 0. The Morgan fingerprint density at radius 1 is 0.711 bits per heavy atom. The van der Waals surface area contributed by atoms with Crippen molar-refractivity contribution < 1.29 is 42.5 Å². The first kappa shape index (κ1) is 33.0. The summed E-state index contributed by atoms with van der Waals surface area (Å²) < 4.78 is 37.8. The third kappa shape index (κ3) is 11.1. The molecule has 2 aromatic carbocycles. The van der Waals surface area contributed by atoms with Gasteiger partial charge in [0.15, 0.2) is 0 Å². The smallest absolute Gasteiger partial charge is 0.744 e. The van der Waals surface area contributed by atoms with Crippen molar-refractivity contribution in [1.82, 2.24) is 9.55 Å². The molecule has 38 heavy (non-hydrogen) atoms. The van der Waals surface area contributed by atoms with Gasteiger partial charge in [-0.15, -0.1) is 0 Å². The van der Waals surface area contributed by atoms with Gasteiger partial charge in [0, 0.05) is 13.0 Å². The molecule has 0 spiro atoms. The van der Waals surface area contributed by atoms with Crippen LogP contribution in [0.15, 0.2) is 53.4 Å². The van der Waals surface area contributed by atoms with Crippen molar-refractivity contribution in [3.8, 4) is 0 Å². The first-order valence-electron chi connectivity index (χ1n) is 14.5. The van der Waals surface area contributed by atoms with E-state index in [1.807, 2.05) is 34.9 Å². The summed E-state index contributed by atoms with van der Waals surface area (Å²) in [5.41, 5.74) is 2.05. The van der Waals surface area contributed by atoms with E-state index in [2.05, 4.69) is 6.92 Å². The Labute approximate surface area is 252 Å². The van der Waals surface area contributed by atoms with E-state index in [1.54, 1.807) is 12.1 Å². The number of aryl methyl sites for hydroxylation is 1. The summed E-state index contributed by atoms with van der Waals surface area (Å²) in [6.45, 7) is 2.77. The second-order valence-corrected chi connectivity index (χ2v) is 11.7. The maximum atomic E-state index is 12.0. The third-order valence-corrected chi connectivity index (χ3v) is 8.13. The van der Waals surface area contributed by atoms with Crippen molar-refractivity contribution in [1.29, 1.82) is 0 Å². The summed E-state index contributed by atoms with van der Waals surface area (Å²) in [6, 6.07) is 14.7. The van der Waals surface area contributed by atoms with Crippen LogP contribution < -0.4 is 29.6 Å². The van der Waals surface area contributed by atoms with Gasteiger partial charge in [-0.25, -0.2) is 13.4 Å². The number of fused-ring (bicyclic) bond motifs is 1. The zero-order valence-corrected chi connectivity index (χ0v) is 26.5. The average Bonchev–Trinajstić information content (AvgIpc) is 3.23. The van der Waals surface area contributed by atoms with Crippen LogP contribution in [-0.2, 0) is 23.1 Å². The molecule has 0 amide bonds. The van der Waals surface area contributed by atoms with Crippen LogP contribution in [0.5, 0.6) is 0 Å². The SMILES string of the molecule is CCCCCCCCCCCCCCCCCc1nc2cccc(S(=O)(=O)[O-])c2n1Cc1ccccc1.[Na+]. The van der Waals surface area contributed by atoms with Crippen LogP contribution in [0.2, 0.25) is 0 Å². The number of rotatable bonds is 19. The zero-order chi connectivity index (χ0) is 26.3. The molecule has 0 saturated heterocycles. The van der Waals surface area contributed by atoms with Crippen molar-refractivity contribution in [2.75, 3.05) is 0 Å². The number of benzene rings is 2. The Bertz CT molecular complexity index is 1160. The predicted octanol–water partition coefficient (Wildman–Crippen LogP) is 5.41. The molecular weight excluding hydrogens is 503 g/mol. The van der Waals surface area contributed by atoms with Crippen molar-refractivity contribution in [3.05, 3.63) is 59.9 Å². The van der Waals surface area contributed by atoms with Crippen molar-refractivity contribution in [2.45, 2.75) is 121 Å². The number of aromatic nitrogens is 2. The summed E-state index contributed by atoms with van der Waals surface area (Å²) in [6.07, 6.45) is 20.6. The topological polar surface area (TPSA) is 75.0 Å². The van der Waals surface area contributed by atoms with Crippen molar-refractivity contribution >= 4 is 21.2 Å². The van der Waals surface area contributed by atoms with E-state index in [1.165, 1.54) is 89.5 Å². The van der Waals surface area contributed by atoms with Crippen molar-refractivity contribution in [2.24, 2.45) is 0 Å². The number of hydrogen-bond donors (Lipinski definition) is 0. The Kier molecular flexibility index (Phi) is 15.8. The Hall–Kier alpha value is -1.18. The fraction of sp³-hybridized carbons (Fsp3) is 0.581. The molecular formula is C31H45N2NaO3S. The minimum Gasteiger partial charge on any atom is -0.744 e. The van der Waals surface area contributed by atoms with Gasteiger partial charge in [-0.05, 0) is 24.1 Å². The molecule has 0 aliphatic rings. The largest absolute Gasteiger partial charge is 1.00 e. The molecule has 1 aromatic heterocycles. The molecule has 0 atom stereocenters. The average molecular weight is 549 g/mol. The first-order valence-corrected chi connectivity index (χ1v) is 15.9. The van der Waals surface area contributed by atoms with E-state index < -0.39 is 10.1 Å². The first-order chi connectivity index (χ1) is 18.0. The zero-order valence-electron chi connectivity index (χ0n) is 23.7. The standard InChI is InChI=1S/C31H46N2O3S.Na/c1-2-3-4-5-6-7-8-9-10-11-12-13-14-15-19-25-30-32-28-23-20-24-29(37(34,35)36)31(28)33(30)26-27-21-17-16-18-22-27;/h16-18,20-24H,2-15,19,25-26H2,1H3,(H,34,35,36);/q;+1/p-1. The van der Waals surface area contributed by atoms with E-state index in [-0.39, 0.29) is 34.5 Å². The molecule has 0 aliphatic carbocycles. The summed E-state index contributed by atoms with van der Waals surface area (Å²) in [4.78, 5) is 4.56. The van der Waals surface area contributed by atoms with Gasteiger partial charge >= 0.3 is 29.6 Å². The molecule has 0 bridgehead atoms.